The molecule has 0 atom stereocenters. The van der Waals surface area contributed by atoms with Crippen molar-refractivity contribution < 1.29 is 38.5 Å². The minimum atomic E-state index is -4.64. The van der Waals surface area contributed by atoms with Crippen molar-refractivity contribution in [2.75, 3.05) is 0 Å². The van der Waals surface area contributed by atoms with Gasteiger partial charge < -0.3 is 29.4 Å². The van der Waals surface area contributed by atoms with Crippen molar-refractivity contribution in [2.24, 2.45) is 16.7 Å². The average molecular weight is 334 g/mol. The van der Waals surface area contributed by atoms with Gasteiger partial charge in [-0.05, 0) is 42.4 Å². The molecule has 2 aliphatic carbocycles. The van der Waals surface area contributed by atoms with Gasteiger partial charge in [0.05, 0.1) is 0 Å². The molecule has 122 valence electrons. The van der Waals surface area contributed by atoms with Crippen LogP contribution < -0.4 is 0 Å². The molecule has 6 N–H and O–H groups in total. The average Bonchev–Trinajstić information content (AvgIpc) is 2.44. The van der Waals surface area contributed by atoms with Crippen LogP contribution in [-0.2, 0) is 9.13 Å². The summed E-state index contributed by atoms with van der Waals surface area (Å²) in [4.78, 5) is 43.1. The lowest BCUT2D eigenvalue weighted by molar-refractivity contribution is 0.152. The first kappa shape index (κ1) is 20.2. The molecule has 2 fully saturated rings. The molecule has 10 heteroatoms. The predicted octanol–water partition coefficient (Wildman–Crippen LogP) is 1.37. The van der Waals surface area contributed by atoms with Crippen LogP contribution in [0.15, 0.2) is 0 Å². The SMILES string of the molecule is CC12CCC(CC1)C2(C)C.O=P(O)(O)O.O=P(O)(O)O. The van der Waals surface area contributed by atoms with Crippen LogP contribution >= 0.6 is 15.6 Å². The molecule has 2 rings (SSSR count). The van der Waals surface area contributed by atoms with E-state index in [9.17, 15) is 0 Å². The minimum absolute atomic E-state index is 0.660. The van der Waals surface area contributed by atoms with Gasteiger partial charge >= 0.3 is 15.6 Å². The summed E-state index contributed by atoms with van der Waals surface area (Å²) in [5.41, 5.74) is 1.37. The number of rotatable bonds is 0. The molecule has 20 heavy (non-hydrogen) atoms. The zero-order chi connectivity index (χ0) is 16.4. The third-order valence-corrected chi connectivity index (χ3v) is 4.67. The first-order valence-corrected chi connectivity index (χ1v) is 9.26. The fourth-order valence-corrected chi connectivity index (χ4v) is 3.11. The van der Waals surface area contributed by atoms with Gasteiger partial charge in [-0.15, -0.1) is 0 Å². The summed E-state index contributed by atoms with van der Waals surface area (Å²) >= 11 is 0. The molecule has 0 aromatic rings. The Balaban J connectivity index is 0.000000310. The maximum Gasteiger partial charge on any atom is 0.466 e. The molecule has 8 nitrogen and oxygen atoms in total. The molecule has 2 aliphatic rings. The van der Waals surface area contributed by atoms with Crippen LogP contribution in [-0.4, -0.2) is 29.4 Å². The summed E-state index contributed by atoms with van der Waals surface area (Å²) in [5, 5.41) is 0. The Morgan fingerprint density at radius 1 is 0.800 bits per heavy atom. The second-order valence-corrected chi connectivity index (χ2v) is 8.14. The van der Waals surface area contributed by atoms with Crippen LogP contribution in [0.1, 0.15) is 46.5 Å². The normalized spacial score (nSPS) is 30.9. The van der Waals surface area contributed by atoms with E-state index in [1.807, 2.05) is 0 Å². The van der Waals surface area contributed by atoms with Crippen molar-refractivity contribution in [3.05, 3.63) is 0 Å². The predicted molar refractivity (Wildman–Crippen MR) is 72.4 cm³/mol. The van der Waals surface area contributed by atoms with E-state index in [4.69, 9.17) is 38.5 Å². The molecule has 0 unspecified atom stereocenters. The van der Waals surface area contributed by atoms with E-state index in [1.165, 1.54) is 25.7 Å². The van der Waals surface area contributed by atoms with Crippen LogP contribution in [0.5, 0.6) is 0 Å². The first-order chi connectivity index (χ1) is 8.56. The Morgan fingerprint density at radius 3 is 1.10 bits per heavy atom. The lowest BCUT2D eigenvalue weighted by atomic mass is 9.71. The Bertz CT molecular complexity index is 362. The van der Waals surface area contributed by atoms with Crippen molar-refractivity contribution in [1.82, 2.24) is 0 Å². The van der Waals surface area contributed by atoms with E-state index < -0.39 is 15.6 Å². The van der Waals surface area contributed by atoms with Crippen LogP contribution in [0, 0.1) is 16.7 Å². The third kappa shape index (κ3) is 7.29. The second kappa shape index (κ2) is 6.55. The summed E-state index contributed by atoms with van der Waals surface area (Å²) in [6, 6.07) is 0. The molecule has 0 heterocycles. The second-order valence-electron chi connectivity index (χ2n) is 6.08. The van der Waals surface area contributed by atoms with Crippen LogP contribution in [0.2, 0.25) is 0 Å². The van der Waals surface area contributed by atoms with Crippen molar-refractivity contribution in [3.63, 3.8) is 0 Å². The highest BCUT2D eigenvalue weighted by atomic mass is 31.2. The lowest BCUT2D eigenvalue weighted by Gasteiger charge is -2.34. The summed E-state index contributed by atoms with van der Waals surface area (Å²) in [6.07, 6.45) is 5.99. The first-order valence-electron chi connectivity index (χ1n) is 6.13. The monoisotopic (exact) mass is 334 g/mol. The van der Waals surface area contributed by atoms with Crippen molar-refractivity contribution in [2.45, 2.75) is 46.5 Å². The lowest BCUT2D eigenvalue weighted by Crippen LogP contribution is -2.26. The molecule has 0 aliphatic heterocycles. The number of hydrogen-bond acceptors (Lipinski definition) is 2. The minimum Gasteiger partial charge on any atom is -0.303 e. The van der Waals surface area contributed by atoms with E-state index in [0.717, 1.165) is 5.92 Å². The smallest absolute Gasteiger partial charge is 0.303 e. The van der Waals surface area contributed by atoms with Gasteiger partial charge in [0, 0.05) is 0 Å². The largest absolute Gasteiger partial charge is 0.466 e. The van der Waals surface area contributed by atoms with Gasteiger partial charge in [-0.3, -0.25) is 0 Å². The summed E-state index contributed by atoms with van der Waals surface area (Å²) in [7, 11) is -9.28. The Kier molecular flexibility index (Phi) is 6.62. The van der Waals surface area contributed by atoms with Crippen LogP contribution in [0.3, 0.4) is 0 Å². The van der Waals surface area contributed by atoms with Crippen LogP contribution in [0.4, 0.5) is 0 Å². The molecule has 2 saturated carbocycles. The van der Waals surface area contributed by atoms with E-state index in [0.29, 0.717) is 10.8 Å². The Hall–Kier alpha value is 0.220. The Labute approximate surface area is 118 Å². The molecule has 2 bridgehead atoms. The fraction of sp³-hybridized carbons (Fsp3) is 1.00. The molecular formula is C10H24O8P2. The highest BCUT2D eigenvalue weighted by molar-refractivity contribution is 7.45. The van der Waals surface area contributed by atoms with E-state index >= 15 is 0 Å². The van der Waals surface area contributed by atoms with Gasteiger partial charge in [0.25, 0.3) is 0 Å². The quantitative estimate of drug-likeness (QED) is 0.363. The third-order valence-electron chi connectivity index (χ3n) is 4.67. The molecule has 0 saturated heterocycles. The molecule has 0 aromatic carbocycles. The summed E-state index contributed by atoms with van der Waals surface area (Å²) < 4.78 is 17.8. The highest BCUT2D eigenvalue weighted by Crippen LogP contribution is 2.65. The van der Waals surface area contributed by atoms with Gasteiger partial charge in [-0.1, -0.05) is 20.8 Å². The maximum absolute atomic E-state index is 8.88. The number of fused-ring (bicyclic) bond motifs is 2. The number of hydrogen-bond donors (Lipinski definition) is 6. The molecule has 0 radical (unpaired) electrons. The molecular weight excluding hydrogens is 310 g/mol. The standard InChI is InChI=1S/C10H18.2H3O4P/c1-9(2)8-4-6-10(9,3)7-5-8;2*1-5(2,3)4/h8H,4-7H2,1-3H3;2*(H3,1,2,3,4). The zero-order valence-electron chi connectivity index (χ0n) is 11.8. The maximum atomic E-state index is 8.88. The van der Waals surface area contributed by atoms with E-state index in [1.54, 1.807) is 0 Å². The van der Waals surface area contributed by atoms with Crippen molar-refractivity contribution in [3.8, 4) is 0 Å². The van der Waals surface area contributed by atoms with Crippen molar-refractivity contribution in [1.29, 1.82) is 0 Å². The van der Waals surface area contributed by atoms with Crippen LogP contribution in [0.25, 0.3) is 0 Å². The van der Waals surface area contributed by atoms with Gasteiger partial charge in [-0.25, -0.2) is 9.13 Å². The zero-order valence-corrected chi connectivity index (χ0v) is 13.6. The van der Waals surface area contributed by atoms with Gasteiger partial charge in [0.1, 0.15) is 0 Å². The van der Waals surface area contributed by atoms with E-state index in [-0.39, 0.29) is 0 Å². The summed E-state index contributed by atoms with van der Waals surface area (Å²) in [6.45, 7) is 7.43. The molecule has 0 spiro atoms. The summed E-state index contributed by atoms with van der Waals surface area (Å²) in [5.74, 6) is 1.05. The highest BCUT2D eigenvalue weighted by Gasteiger charge is 2.55. The Morgan fingerprint density at radius 2 is 1.05 bits per heavy atom. The number of phosphoric acid groups is 2. The van der Waals surface area contributed by atoms with Crippen molar-refractivity contribution >= 4 is 15.6 Å². The molecule has 0 amide bonds. The van der Waals surface area contributed by atoms with E-state index in [2.05, 4.69) is 20.8 Å². The fourth-order valence-electron chi connectivity index (χ4n) is 3.11. The van der Waals surface area contributed by atoms with Gasteiger partial charge in [-0.2, -0.15) is 0 Å². The van der Waals surface area contributed by atoms with Gasteiger partial charge in [0.2, 0.25) is 0 Å². The molecule has 0 aromatic heterocycles. The topological polar surface area (TPSA) is 156 Å². The van der Waals surface area contributed by atoms with Gasteiger partial charge in [0.15, 0.2) is 0 Å².